The maximum atomic E-state index is 5.86. The molecule has 0 bridgehead atoms. The van der Waals surface area contributed by atoms with Gasteiger partial charge in [0.15, 0.2) is 0 Å². The Morgan fingerprint density at radius 2 is 1.78 bits per heavy atom. The van der Waals surface area contributed by atoms with Crippen LogP contribution in [-0.2, 0) is 19.4 Å². The van der Waals surface area contributed by atoms with Crippen LogP contribution in [0.1, 0.15) is 36.4 Å². The highest BCUT2D eigenvalue weighted by atomic mass is 15.3. The number of hydrogen-bond acceptors (Lipinski definition) is 2. The lowest BCUT2D eigenvalue weighted by molar-refractivity contribution is 0.792. The minimum atomic E-state index is 0.568. The zero-order valence-electron chi connectivity index (χ0n) is 11.4. The molecule has 18 heavy (non-hydrogen) atoms. The van der Waals surface area contributed by atoms with Crippen molar-refractivity contribution in [3.05, 3.63) is 46.8 Å². The van der Waals surface area contributed by atoms with Gasteiger partial charge in [-0.25, -0.2) is 4.68 Å². The van der Waals surface area contributed by atoms with Gasteiger partial charge in [0.1, 0.15) is 0 Å². The molecule has 96 valence electrons. The summed E-state index contributed by atoms with van der Waals surface area (Å²) in [4.78, 5) is 0. The molecular formula is C15H21N3. The van der Waals surface area contributed by atoms with Crippen LogP contribution < -0.4 is 5.73 Å². The lowest BCUT2D eigenvalue weighted by Gasteiger charge is -2.07. The van der Waals surface area contributed by atoms with E-state index in [0.717, 1.165) is 24.2 Å². The Kier molecular flexibility index (Phi) is 3.82. The topological polar surface area (TPSA) is 43.8 Å². The van der Waals surface area contributed by atoms with Crippen molar-refractivity contribution in [1.82, 2.24) is 9.78 Å². The summed E-state index contributed by atoms with van der Waals surface area (Å²) in [5.74, 6) is 0. The number of nitrogens with two attached hydrogens (primary N) is 1. The van der Waals surface area contributed by atoms with Gasteiger partial charge >= 0.3 is 0 Å². The molecule has 0 aliphatic heterocycles. The van der Waals surface area contributed by atoms with E-state index in [1.54, 1.807) is 0 Å². The van der Waals surface area contributed by atoms with Crippen molar-refractivity contribution in [1.29, 1.82) is 0 Å². The third-order valence-electron chi connectivity index (χ3n) is 3.33. The molecule has 0 atom stereocenters. The molecule has 3 nitrogen and oxygen atoms in total. The first-order chi connectivity index (χ1) is 8.71. The van der Waals surface area contributed by atoms with Crippen LogP contribution in [0.25, 0.3) is 5.69 Å². The first-order valence-electron chi connectivity index (χ1n) is 6.58. The fraction of sp³-hybridized carbons (Fsp3) is 0.400. The molecule has 0 aliphatic carbocycles. The van der Waals surface area contributed by atoms with E-state index < -0.39 is 0 Å². The molecule has 0 saturated heterocycles. The fourth-order valence-corrected chi connectivity index (χ4v) is 2.32. The van der Waals surface area contributed by atoms with Gasteiger partial charge in [0.2, 0.25) is 0 Å². The molecule has 0 radical (unpaired) electrons. The van der Waals surface area contributed by atoms with Crippen LogP contribution >= 0.6 is 0 Å². The third kappa shape index (κ3) is 2.18. The summed E-state index contributed by atoms with van der Waals surface area (Å²) in [5.41, 5.74) is 11.8. The van der Waals surface area contributed by atoms with Crippen molar-refractivity contribution >= 4 is 0 Å². The molecule has 1 heterocycles. The summed E-state index contributed by atoms with van der Waals surface area (Å²) in [7, 11) is 0. The quantitative estimate of drug-likeness (QED) is 0.897. The van der Waals surface area contributed by atoms with Crippen LogP contribution in [-0.4, -0.2) is 9.78 Å². The van der Waals surface area contributed by atoms with Gasteiger partial charge < -0.3 is 5.73 Å². The van der Waals surface area contributed by atoms with E-state index in [4.69, 9.17) is 10.8 Å². The second-order valence-electron chi connectivity index (χ2n) is 4.53. The molecule has 0 fully saturated rings. The Morgan fingerprint density at radius 1 is 1.11 bits per heavy atom. The smallest absolute Gasteiger partial charge is 0.0674 e. The van der Waals surface area contributed by atoms with E-state index in [9.17, 15) is 0 Å². The van der Waals surface area contributed by atoms with Crippen molar-refractivity contribution in [2.24, 2.45) is 5.73 Å². The van der Waals surface area contributed by atoms with Gasteiger partial charge in [-0.1, -0.05) is 31.5 Å². The van der Waals surface area contributed by atoms with Gasteiger partial charge in [-0.15, -0.1) is 0 Å². The van der Waals surface area contributed by atoms with Gasteiger partial charge in [0.05, 0.1) is 11.4 Å². The largest absolute Gasteiger partial charge is 0.326 e. The second kappa shape index (κ2) is 5.36. The molecule has 0 saturated carbocycles. The summed E-state index contributed by atoms with van der Waals surface area (Å²) in [5, 5.41) is 4.71. The molecular weight excluding hydrogens is 222 g/mol. The Balaban J connectivity index is 2.56. The van der Waals surface area contributed by atoms with E-state index in [1.807, 2.05) is 4.68 Å². The van der Waals surface area contributed by atoms with Gasteiger partial charge in [0.25, 0.3) is 0 Å². The van der Waals surface area contributed by atoms with Crippen LogP contribution in [0.2, 0.25) is 0 Å². The van der Waals surface area contributed by atoms with Crippen molar-refractivity contribution in [3.8, 4) is 5.69 Å². The van der Waals surface area contributed by atoms with Crippen LogP contribution in [0.3, 0.4) is 0 Å². The zero-order chi connectivity index (χ0) is 13.1. The molecule has 1 aromatic heterocycles. The SMILES string of the molecule is CCc1nn(-c2ccc(C)cc2)c(CC)c1CN. The first-order valence-corrected chi connectivity index (χ1v) is 6.58. The second-order valence-corrected chi connectivity index (χ2v) is 4.53. The van der Waals surface area contributed by atoms with Crippen LogP contribution in [0.15, 0.2) is 24.3 Å². The standard InChI is InChI=1S/C15H21N3/c1-4-14-13(10-16)15(5-2)18(17-14)12-8-6-11(3)7-9-12/h6-9H,4-5,10,16H2,1-3H3. The molecule has 1 aromatic carbocycles. The van der Waals surface area contributed by atoms with Gasteiger partial charge in [-0.2, -0.15) is 5.10 Å². The Bertz CT molecular complexity index is 523. The van der Waals surface area contributed by atoms with Crippen molar-refractivity contribution in [2.45, 2.75) is 40.2 Å². The molecule has 0 amide bonds. The van der Waals surface area contributed by atoms with Gasteiger partial charge in [0, 0.05) is 17.8 Å². The van der Waals surface area contributed by atoms with E-state index >= 15 is 0 Å². The predicted octanol–water partition coefficient (Wildman–Crippen LogP) is 2.76. The minimum absolute atomic E-state index is 0.568. The molecule has 3 heteroatoms. The van der Waals surface area contributed by atoms with E-state index in [2.05, 4.69) is 45.0 Å². The predicted molar refractivity (Wildman–Crippen MR) is 74.9 cm³/mol. The van der Waals surface area contributed by atoms with Crippen LogP contribution in [0.4, 0.5) is 0 Å². The van der Waals surface area contributed by atoms with Crippen molar-refractivity contribution in [3.63, 3.8) is 0 Å². The number of hydrogen-bond donors (Lipinski definition) is 1. The number of aryl methyl sites for hydroxylation is 2. The molecule has 0 unspecified atom stereocenters. The Labute approximate surface area is 109 Å². The first kappa shape index (κ1) is 12.8. The maximum absolute atomic E-state index is 5.86. The molecule has 0 spiro atoms. The van der Waals surface area contributed by atoms with E-state index in [1.165, 1.54) is 16.8 Å². The lowest BCUT2D eigenvalue weighted by Crippen LogP contribution is -2.05. The highest BCUT2D eigenvalue weighted by Gasteiger charge is 2.14. The summed E-state index contributed by atoms with van der Waals surface area (Å²) in [6.45, 7) is 6.94. The third-order valence-corrected chi connectivity index (χ3v) is 3.33. The average molecular weight is 243 g/mol. The lowest BCUT2D eigenvalue weighted by atomic mass is 10.1. The normalized spacial score (nSPS) is 10.9. The molecule has 2 rings (SSSR count). The van der Waals surface area contributed by atoms with Gasteiger partial charge in [-0.3, -0.25) is 0 Å². The average Bonchev–Trinajstić information content (AvgIpc) is 2.77. The van der Waals surface area contributed by atoms with Crippen LogP contribution in [0.5, 0.6) is 0 Å². The minimum Gasteiger partial charge on any atom is -0.326 e. The highest BCUT2D eigenvalue weighted by molar-refractivity contribution is 5.39. The maximum Gasteiger partial charge on any atom is 0.0674 e. The molecule has 2 N–H and O–H groups in total. The summed E-state index contributed by atoms with van der Waals surface area (Å²) in [6.07, 6.45) is 1.88. The monoisotopic (exact) mass is 243 g/mol. The van der Waals surface area contributed by atoms with Crippen molar-refractivity contribution < 1.29 is 0 Å². The Morgan fingerprint density at radius 3 is 2.28 bits per heavy atom. The van der Waals surface area contributed by atoms with Gasteiger partial charge in [-0.05, 0) is 31.9 Å². The zero-order valence-corrected chi connectivity index (χ0v) is 11.4. The number of benzene rings is 1. The number of aromatic nitrogens is 2. The van der Waals surface area contributed by atoms with Crippen LogP contribution in [0, 0.1) is 6.92 Å². The highest BCUT2D eigenvalue weighted by Crippen LogP contribution is 2.20. The Hall–Kier alpha value is -1.61. The number of nitrogens with zero attached hydrogens (tertiary/aromatic N) is 2. The fourth-order valence-electron chi connectivity index (χ4n) is 2.32. The molecule has 2 aromatic rings. The molecule has 0 aliphatic rings. The van der Waals surface area contributed by atoms with E-state index in [-0.39, 0.29) is 0 Å². The van der Waals surface area contributed by atoms with E-state index in [0.29, 0.717) is 6.54 Å². The summed E-state index contributed by atoms with van der Waals surface area (Å²) < 4.78 is 2.04. The summed E-state index contributed by atoms with van der Waals surface area (Å²) >= 11 is 0. The summed E-state index contributed by atoms with van der Waals surface area (Å²) in [6, 6.07) is 8.46. The number of rotatable bonds is 4. The van der Waals surface area contributed by atoms with Crippen molar-refractivity contribution in [2.75, 3.05) is 0 Å².